The van der Waals surface area contributed by atoms with Crippen LogP contribution in [-0.4, -0.2) is 28.8 Å². The number of hydrogen-bond acceptors (Lipinski definition) is 5. The van der Waals surface area contributed by atoms with Gasteiger partial charge in [-0.1, -0.05) is 44.2 Å². The first-order valence-corrected chi connectivity index (χ1v) is 10.2. The van der Waals surface area contributed by atoms with Crippen molar-refractivity contribution in [3.63, 3.8) is 0 Å². The topological polar surface area (TPSA) is 58.1 Å². The summed E-state index contributed by atoms with van der Waals surface area (Å²) in [5.41, 5.74) is 3.52. The molecule has 3 aromatic rings. The molecule has 3 rings (SSSR count). The Morgan fingerprint density at radius 2 is 1.59 bits per heavy atom. The van der Waals surface area contributed by atoms with Crippen LogP contribution in [0.1, 0.15) is 44.0 Å². The Bertz CT molecular complexity index is 933. The molecule has 0 saturated heterocycles. The predicted molar refractivity (Wildman–Crippen MR) is 120 cm³/mol. The molecule has 0 aliphatic rings. The fourth-order valence-corrected chi connectivity index (χ4v) is 3.18. The minimum atomic E-state index is 0.0574. The van der Waals surface area contributed by atoms with Crippen molar-refractivity contribution < 1.29 is 4.79 Å². The summed E-state index contributed by atoms with van der Waals surface area (Å²) in [6, 6.07) is 19.6. The van der Waals surface area contributed by atoms with E-state index in [1.807, 2.05) is 48.5 Å². The Balaban J connectivity index is 1.98. The first-order valence-electron chi connectivity index (χ1n) is 10.2. The van der Waals surface area contributed by atoms with Crippen LogP contribution in [0.25, 0.3) is 11.3 Å². The molecule has 1 aromatic heterocycles. The van der Waals surface area contributed by atoms with Gasteiger partial charge < -0.3 is 10.2 Å². The van der Waals surface area contributed by atoms with Crippen molar-refractivity contribution in [3.05, 3.63) is 66.2 Å². The highest BCUT2D eigenvalue weighted by Crippen LogP contribution is 2.25. The van der Waals surface area contributed by atoms with Crippen LogP contribution in [-0.2, 0) is 0 Å². The van der Waals surface area contributed by atoms with Crippen molar-refractivity contribution in [2.45, 2.75) is 33.6 Å². The second-order valence-corrected chi connectivity index (χ2v) is 7.05. The summed E-state index contributed by atoms with van der Waals surface area (Å²) in [6.45, 7) is 7.73. The minimum absolute atomic E-state index is 0.0574. The number of nitrogens with zero attached hydrogens (tertiary/aromatic N) is 3. The third-order valence-corrected chi connectivity index (χ3v) is 4.62. The van der Waals surface area contributed by atoms with E-state index in [1.165, 1.54) is 0 Å². The number of carbonyl (C=O) groups excluding carboxylic acids is 1. The number of nitrogens with one attached hydrogen (secondary N) is 1. The Labute approximate surface area is 172 Å². The van der Waals surface area contributed by atoms with Gasteiger partial charge in [0.2, 0.25) is 5.95 Å². The van der Waals surface area contributed by atoms with Crippen LogP contribution in [0.2, 0.25) is 0 Å². The fourth-order valence-electron chi connectivity index (χ4n) is 3.18. The maximum atomic E-state index is 11.5. The zero-order valence-electron chi connectivity index (χ0n) is 17.4. The molecule has 29 heavy (non-hydrogen) atoms. The van der Waals surface area contributed by atoms with Crippen LogP contribution in [0.5, 0.6) is 0 Å². The summed E-state index contributed by atoms with van der Waals surface area (Å²) in [5, 5.41) is 3.37. The average molecular weight is 389 g/mol. The van der Waals surface area contributed by atoms with E-state index in [0.717, 1.165) is 54.6 Å². The van der Waals surface area contributed by atoms with Crippen molar-refractivity contribution >= 4 is 23.2 Å². The lowest BCUT2D eigenvalue weighted by Gasteiger charge is -2.22. The van der Waals surface area contributed by atoms with Gasteiger partial charge in [-0.05, 0) is 44.0 Å². The molecular weight excluding hydrogens is 360 g/mol. The molecule has 5 heteroatoms. The van der Waals surface area contributed by atoms with Gasteiger partial charge in [-0.2, -0.15) is 4.98 Å². The van der Waals surface area contributed by atoms with E-state index in [4.69, 9.17) is 9.97 Å². The fraction of sp³-hybridized carbons (Fsp3) is 0.292. The van der Waals surface area contributed by atoms with Gasteiger partial charge in [0.15, 0.2) is 5.78 Å². The smallest absolute Gasteiger partial charge is 0.227 e. The minimum Gasteiger partial charge on any atom is -0.341 e. The van der Waals surface area contributed by atoms with E-state index >= 15 is 0 Å². The van der Waals surface area contributed by atoms with Crippen LogP contribution in [0.3, 0.4) is 0 Å². The molecule has 1 heterocycles. The Hall–Kier alpha value is -3.21. The first-order chi connectivity index (χ1) is 14.1. The van der Waals surface area contributed by atoms with Crippen LogP contribution in [0.15, 0.2) is 60.7 Å². The molecule has 0 atom stereocenters. The van der Waals surface area contributed by atoms with Crippen LogP contribution < -0.4 is 10.2 Å². The summed E-state index contributed by atoms with van der Waals surface area (Å²) in [5.74, 6) is 1.53. The highest BCUT2D eigenvalue weighted by atomic mass is 16.1. The van der Waals surface area contributed by atoms with Crippen molar-refractivity contribution in [1.82, 2.24) is 9.97 Å². The lowest BCUT2D eigenvalue weighted by atomic mass is 10.1. The largest absolute Gasteiger partial charge is 0.341 e. The van der Waals surface area contributed by atoms with Crippen molar-refractivity contribution in [1.29, 1.82) is 0 Å². The van der Waals surface area contributed by atoms with E-state index in [2.05, 4.69) is 36.2 Å². The molecule has 150 valence electrons. The Morgan fingerprint density at radius 1 is 0.931 bits per heavy atom. The molecule has 2 aromatic carbocycles. The zero-order valence-corrected chi connectivity index (χ0v) is 17.4. The highest BCUT2D eigenvalue weighted by Gasteiger charge is 2.13. The van der Waals surface area contributed by atoms with E-state index < -0.39 is 0 Å². The third kappa shape index (κ3) is 5.41. The summed E-state index contributed by atoms with van der Waals surface area (Å²) in [4.78, 5) is 23.4. The van der Waals surface area contributed by atoms with Crippen molar-refractivity contribution in [3.8, 4) is 11.3 Å². The molecule has 0 amide bonds. The standard InChI is InChI=1S/C24H28N4O/c1-4-15-28(16-5-2)24-26-22(20-9-7-6-8-10-20)17-23(27-24)25-21-13-11-19(12-14-21)18(3)29/h6-14,17H,4-5,15-16H2,1-3H3,(H,25,26,27). The molecule has 0 bridgehead atoms. The Morgan fingerprint density at radius 3 is 2.17 bits per heavy atom. The van der Waals surface area contributed by atoms with Gasteiger partial charge >= 0.3 is 0 Å². The number of anilines is 3. The summed E-state index contributed by atoms with van der Waals surface area (Å²) in [6.07, 6.45) is 2.07. The van der Waals surface area contributed by atoms with E-state index in [9.17, 15) is 4.79 Å². The van der Waals surface area contributed by atoms with Crippen LogP contribution >= 0.6 is 0 Å². The quantitative estimate of drug-likeness (QED) is 0.475. The number of ketones is 1. The lowest BCUT2D eigenvalue weighted by Crippen LogP contribution is -2.27. The second-order valence-electron chi connectivity index (χ2n) is 7.05. The number of benzene rings is 2. The summed E-state index contributed by atoms with van der Waals surface area (Å²) in [7, 11) is 0. The number of carbonyl (C=O) groups is 1. The maximum absolute atomic E-state index is 11.5. The van der Waals surface area contributed by atoms with Gasteiger partial charge in [0.1, 0.15) is 5.82 Å². The predicted octanol–water partition coefficient (Wildman–Crippen LogP) is 5.72. The van der Waals surface area contributed by atoms with Gasteiger partial charge in [-0.3, -0.25) is 4.79 Å². The van der Waals surface area contributed by atoms with Gasteiger partial charge in [0.25, 0.3) is 0 Å². The maximum Gasteiger partial charge on any atom is 0.227 e. The molecule has 0 saturated carbocycles. The van der Waals surface area contributed by atoms with Gasteiger partial charge in [0, 0.05) is 36.0 Å². The first kappa shape index (κ1) is 20.5. The van der Waals surface area contributed by atoms with Gasteiger partial charge in [-0.15, -0.1) is 0 Å². The molecule has 0 radical (unpaired) electrons. The van der Waals surface area contributed by atoms with Gasteiger partial charge in [-0.25, -0.2) is 4.98 Å². The van der Waals surface area contributed by atoms with Gasteiger partial charge in [0.05, 0.1) is 5.69 Å². The van der Waals surface area contributed by atoms with Crippen molar-refractivity contribution in [2.75, 3.05) is 23.3 Å². The highest BCUT2D eigenvalue weighted by molar-refractivity contribution is 5.94. The molecule has 0 aliphatic heterocycles. The summed E-state index contributed by atoms with van der Waals surface area (Å²) >= 11 is 0. The van der Waals surface area contributed by atoms with E-state index in [0.29, 0.717) is 5.56 Å². The lowest BCUT2D eigenvalue weighted by molar-refractivity contribution is 0.101. The molecule has 1 N–H and O–H groups in total. The van der Waals surface area contributed by atoms with Crippen molar-refractivity contribution in [2.24, 2.45) is 0 Å². The molecular formula is C24H28N4O. The average Bonchev–Trinajstić information content (AvgIpc) is 2.74. The molecule has 5 nitrogen and oxygen atoms in total. The molecule has 0 spiro atoms. The second kappa shape index (κ2) is 9.82. The number of aromatic nitrogens is 2. The Kier molecular flexibility index (Phi) is 6.95. The van der Waals surface area contributed by atoms with E-state index in [-0.39, 0.29) is 5.78 Å². The number of Topliss-reactive ketones (excluding diaryl/α,β-unsaturated/α-hetero) is 1. The number of rotatable bonds is 9. The molecule has 0 unspecified atom stereocenters. The molecule has 0 fully saturated rings. The SMILES string of the molecule is CCCN(CCC)c1nc(Nc2ccc(C(C)=O)cc2)cc(-c2ccccc2)n1. The summed E-state index contributed by atoms with van der Waals surface area (Å²) < 4.78 is 0. The zero-order chi connectivity index (χ0) is 20.6. The number of hydrogen-bond donors (Lipinski definition) is 1. The monoisotopic (exact) mass is 388 g/mol. The van der Waals surface area contributed by atoms with Crippen LogP contribution in [0.4, 0.5) is 17.5 Å². The third-order valence-electron chi connectivity index (χ3n) is 4.62. The van der Waals surface area contributed by atoms with E-state index in [1.54, 1.807) is 6.92 Å². The molecule has 0 aliphatic carbocycles. The normalized spacial score (nSPS) is 10.6. The van der Waals surface area contributed by atoms with Crippen LogP contribution in [0, 0.1) is 0 Å².